The van der Waals surface area contributed by atoms with Gasteiger partial charge in [-0.1, -0.05) is 66.2 Å². The maximum absolute atomic E-state index is 15.0. The second kappa shape index (κ2) is 11.1. The minimum absolute atomic E-state index is 0.000744. The molecule has 0 atom stereocenters. The minimum atomic E-state index is -0.772. The Bertz CT molecular complexity index is 1140. The van der Waals surface area contributed by atoms with Crippen LogP contribution in [0.4, 0.5) is 13.2 Å². The van der Waals surface area contributed by atoms with Crippen molar-refractivity contribution in [1.82, 2.24) is 0 Å². The summed E-state index contributed by atoms with van der Waals surface area (Å²) < 4.78 is 49.6. The summed E-state index contributed by atoms with van der Waals surface area (Å²) in [6, 6.07) is 16.1. The Kier molecular flexibility index (Phi) is 7.89. The maximum atomic E-state index is 15.0. The SMILES string of the molecule is CCOCc1ccc(/C=C/C2CCC(c3ccc(-c4ccc(C)cc4)c(F)c3F)CC2)c(F)c1. The molecule has 1 nitrogen and oxygen atoms in total. The monoisotopic (exact) mass is 464 g/mol. The number of benzene rings is 3. The summed E-state index contributed by atoms with van der Waals surface area (Å²) >= 11 is 0. The lowest BCUT2D eigenvalue weighted by atomic mass is 9.78. The smallest absolute Gasteiger partial charge is 0.166 e. The molecule has 4 heteroatoms. The molecular formula is C30H31F3O. The quantitative estimate of drug-likeness (QED) is 0.340. The number of allylic oxidation sites excluding steroid dienone is 1. The van der Waals surface area contributed by atoms with Crippen molar-refractivity contribution in [2.75, 3.05) is 6.61 Å². The van der Waals surface area contributed by atoms with E-state index in [1.807, 2.05) is 56.3 Å². The van der Waals surface area contributed by atoms with Crippen molar-refractivity contribution in [3.63, 3.8) is 0 Å². The number of hydrogen-bond donors (Lipinski definition) is 0. The van der Waals surface area contributed by atoms with Crippen molar-refractivity contribution >= 4 is 6.08 Å². The predicted octanol–water partition coefficient (Wildman–Crippen LogP) is 8.60. The van der Waals surface area contributed by atoms with E-state index in [4.69, 9.17) is 4.74 Å². The number of ether oxygens (including phenoxy) is 1. The topological polar surface area (TPSA) is 9.23 Å². The first-order chi connectivity index (χ1) is 16.5. The average Bonchev–Trinajstić information content (AvgIpc) is 2.85. The summed E-state index contributed by atoms with van der Waals surface area (Å²) in [7, 11) is 0. The third kappa shape index (κ3) is 5.61. The summed E-state index contributed by atoms with van der Waals surface area (Å²) in [6.07, 6.45) is 7.18. The summed E-state index contributed by atoms with van der Waals surface area (Å²) in [5.74, 6) is -1.45. The van der Waals surface area contributed by atoms with E-state index in [2.05, 4.69) is 0 Å². The molecule has 1 fully saturated rings. The van der Waals surface area contributed by atoms with Crippen LogP contribution in [0.15, 0.2) is 60.7 Å². The van der Waals surface area contributed by atoms with Crippen molar-refractivity contribution in [3.05, 3.63) is 100 Å². The van der Waals surface area contributed by atoms with E-state index in [1.165, 1.54) is 6.07 Å². The van der Waals surface area contributed by atoms with Crippen LogP contribution in [0.5, 0.6) is 0 Å². The Labute approximate surface area is 200 Å². The largest absolute Gasteiger partial charge is 0.377 e. The third-order valence-electron chi connectivity index (χ3n) is 6.77. The molecule has 4 rings (SSSR count). The van der Waals surface area contributed by atoms with Gasteiger partial charge in [-0.2, -0.15) is 0 Å². The van der Waals surface area contributed by atoms with Gasteiger partial charge in [-0.25, -0.2) is 13.2 Å². The van der Waals surface area contributed by atoms with E-state index in [9.17, 15) is 13.2 Å². The van der Waals surface area contributed by atoms with Crippen molar-refractivity contribution in [3.8, 4) is 11.1 Å². The highest BCUT2D eigenvalue weighted by atomic mass is 19.2. The molecule has 1 saturated carbocycles. The summed E-state index contributed by atoms with van der Waals surface area (Å²) in [6.45, 7) is 4.88. The van der Waals surface area contributed by atoms with Crippen LogP contribution in [-0.2, 0) is 11.3 Å². The van der Waals surface area contributed by atoms with Gasteiger partial charge < -0.3 is 4.74 Å². The highest BCUT2D eigenvalue weighted by molar-refractivity contribution is 5.65. The molecule has 0 unspecified atom stereocenters. The lowest BCUT2D eigenvalue weighted by Crippen LogP contribution is -2.13. The lowest BCUT2D eigenvalue weighted by molar-refractivity contribution is 0.134. The summed E-state index contributed by atoms with van der Waals surface area (Å²) in [5, 5.41) is 0. The molecule has 0 aromatic heterocycles. The van der Waals surface area contributed by atoms with Crippen LogP contribution < -0.4 is 0 Å². The number of aryl methyl sites for hydroxylation is 1. The van der Waals surface area contributed by atoms with Gasteiger partial charge in [0, 0.05) is 17.7 Å². The first-order valence-electron chi connectivity index (χ1n) is 12.1. The van der Waals surface area contributed by atoms with Crippen LogP contribution >= 0.6 is 0 Å². The summed E-state index contributed by atoms with van der Waals surface area (Å²) in [4.78, 5) is 0. The van der Waals surface area contributed by atoms with E-state index in [-0.39, 0.29) is 11.7 Å². The highest BCUT2D eigenvalue weighted by Gasteiger charge is 2.25. The van der Waals surface area contributed by atoms with Crippen molar-refractivity contribution in [2.24, 2.45) is 5.92 Å². The zero-order valence-electron chi connectivity index (χ0n) is 19.8. The van der Waals surface area contributed by atoms with Crippen LogP contribution in [0.25, 0.3) is 17.2 Å². The third-order valence-corrected chi connectivity index (χ3v) is 6.77. The second-order valence-corrected chi connectivity index (χ2v) is 9.16. The molecule has 3 aromatic rings. The van der Waals surface area contributed by atoms with Crippen molar-refractivity contribution in [2.45, 2.75) is 52.1 Å². The van der Waals surface area contributed by atoms with E-state index in [0.29, 0.717) is 41.4 Å². The molecule has 178 valence electrons. The Hall–Kier alpha value is -2.85. The fourth-order valence-electron chi connectivity index (χ4n) is 4.71. The number of rotatable bonds is 7. The van der Waals surface area contributed by atoms with Crippen LogP contribution in [0.2, 0.25) is 0 Å². The standard InChI is InChI=1S/C30H31F3O/c1-3-34-19-22-9-15-25(28(31)18-22)14-8-21-6-12-24(13-7-21)27-17-16-26(29(32)30(27)33)23-10-4-20(2)5-11-23/h4-5,8-11,14-18,21,24H,3,6-7,12-13,19H2,1-2H3/b14-8+. The molecule has 0 saturated heterocycles. The highest BCUT2D eigenvalue weighted by Crippen LogP contribution is 2.39. The van der Waals surface area contributed by atoms with Gasteiger partial charge in [0.15, 0.2) is 11.6 Å². The molecule has 1 aliphatic rings. The van der Waals surface area contributed by atoms with E-state index < -0.39 is 11.6 Å². The van der Waals surface area contributed by atoms with E-state index in [0.717, 1.165) is 36.8 Å². The van der Waals surface area contributed by atoms with Crippen molar-refractivity contribution in [1.29, 1.82) is 0 Å². The van der Waals surface area contributed by atoms with E-state index >= 15 is 0 Å². The molecule has 1 aliphatic carbocycles. The van der Waals surface area contributed by atoms with Crippen LogP contribution in [-0.4, -0.2) is 6.61 Å². The van der Waals surface area contributed by atoms with Gasteiger partial charge in [0.2, 0.25) is 0 Å². The van der Waals surface area contributed by atoms with Gasteiger partial charge in [-0.3, -0.25) is 0 Å². The molecule has 0 radical (unpaired) electrons. The average molecular weight is 465 g/mol. The molecule has 0 amide bonds. The number of halogens is 3. The van der Waals surface area contributed by atoms with Gasteiger partial charge in [-0.05, 0) is 74.1 Å². The fourth-order valence-corrected chi connectivity index (χ4v) is 4.71. The molecule has 34 heavy (non-hydrogen) atoms. The van der Waals surface area contributed by atoms with Gasteiger partial charge in [0.05, 0.1) is 6.61 Å². The lowest BCUT2D eigenvalue weighted by Gasteiger charge is -2.27. The molecule has 0 N–H and O–H groups in total. The normalized spacial score (nSPS) is 18.5. The Balaban J connectivity index is 1.39. The predicted molar refractivity (Wildman–Crippen MR) is 132 cm³/mol. The molecule has 0 aliphatic heterocycles. The zero-order chi connectivity index (χ0) is 24.1. The van der Waals surface area contributed by atoms with Crippen LogP contribution in [0, 0.1) is 30.3 Å². The zero-order valence-corrected chi connectivity index (χ0v) is 19.8. The number of hydrogen-bond acceptors (Lipinski definition) is 1. The Morgan fingerprint density at radius 2 is 1.62 bits per heavy atom. The van der Waals surface area contributed by atoms with Gasteiger partial charge >= 0.3 is 0 Å². The van der Waals surface area contributed by atoms with Gasteiger partial charge in [0.1, 0.15) is 5.82 Å². The second-order valence-electron chi connectivity index (χ2n) is 9.16. The molecule has 3 aromatic carbocycles. The van der Waals surface area contributed by atoms with Crippen molar-refractivity contribution < 1.29 is 17.9 Å². The summed E-state index contributed by atoms with van der Waals surface area (Å²) in [5.41, 5.74) is 3.90. The van der Waals surface area contributed by atoms with Gasteiger partial charge in [0.25, 0.3) is 0 Å². The van der Waals surface area contributed by atoms with Crippen LogP contribution in [0.3, 0.4) is 0 Å². The van der Waals surface area contributed by atoms with Gasteiger partial charge in [-0.15, -0.1) is 0 Å². The molecular weight excluding hydrogens is 433 g/mol. The Morgan fingerprint density at radius 3 is 2.29 bits per heavy atom. The molecule has 0 spiro atoms. The first-order valence-corrected chi connectivity index (χ1v) is 12.1. The first kappa shape index (κ1) is 24.3. The fraction of sp³-hybridized carbons (Fsp3) is 0.333. The minimum Gasteiger partial charge on any atom is -0.377 e. The Morgan fingerprint density at radius 1 is 0.882 bits per heavy atom. The van der Waals surface area contributed by atoms with E-state index in [1.54, 1.807) is 18.2 Å². The maximum Gasteiger partial charge on any atom is 0.166 e. The molecule has 0 bridgehead atoms. The molecule has 0 heterocycles. The van der Waals surface area contributed by atoms with Crippen LogP contribution in [0.1, 0.15) is 60.8 Å².